The summed E-state index contributed by atoms with van der Waals surface area (Å²) >= 11 is 5.89. The van der Waals surface area contributed by atoms with Crippen LogP contribution in [0.15, 0.2) is 47.0 Å². The van der Waals surface area contributed by atoms with Gasteiger partial charge in [0, 0.05) is 11.3 Å². The van der Waals surface area contributed by atoms with Gasteiger partial charge in [0.25, 0.3) is 11.8 Å². The van der Waals surface area contributed by atoms with Crippen LogP contribution in [0.5, 0.6) is 0 Å². The second-order valence-corrected chi connectivity index (χ2v) is 5.19. The molecule has 0 spiro atoms. The summed E-state index contributed by atoms with van der Waals surface area (Å²) in [6.45, 7) is 1.71. The summed E-state index contributed by atoms with van der Waals surface area (Å²) in [5.41, 5.74) is 0.902. The summed E-state index contributed by atoms with van der Waals surface area (Å²) in [6, 6.07) is 10.9. The van der Waals surface area contributed by atoms with Gasteiger partial charge in [0.2, 0.25) is 0 Å². The van der Waals surface area contributed by atoms with Crippen molar-refractivity contribution in [3.05, 3.63) is 64.7 Å². The second kappa shape index (κ2) is 6.18. The van der Waals surface area contributed by atoms with Crippen molar-refractivity contribution in [3.63, 3.8) is 0 Å². The lowest BCUT2D eigenvalue weighted by atomic mass is 10.1. The predicted octanol–water partition coefficient (Wildman–Crippen LogP) is 4.09. The lowest BCUT2D eigenvalue weighted by molar-refractivity contribution is 0.102. The van der Waals surface area contributed by atoms with Crippen LogP contribution in [0.2, 0.25) is 5.02 Å². The van der Waals surface area contributed by atoms with Gasteiger partial charge in [-0.1, -0.05) is 28.9 Å². The van der Waals surface area contributed by atoms with Crippen LogP contribution in [0.4, 0.5) is 10.1 Å². The summed E-state index contributed by atoms with van der Waals surface area (Å²) < 4.78 is 18.9. The maximum atomic E-state index is 13.8. The fourth-order valence-electron chi connectivity index (χ4n) is 2.05. The Bertz CT molecular complexity index is 859. The van der Waals surface area contributed by atoms with Gasteiger partial charge in [-0.3, -0.25) is 4.79 Å². The van der Waals surface area contributed by atoms with Gasteiger partial charge in [-0.05, 0) is 37.3 Å². The van der Waals surface area contributed by atoms with Crippen molar-refractivity contribution in [3.8, 4) is 11.5 Å². The number of anilines is 1. The molecule has 1 amide bonds. The van der Waals surface area contributed by atoms with Crippen LogP contribution < -0.4 is 5.32 Å². The maximum absolute atomic E-state index is 13.8. The number of rotatable bonds is 3. The molecule has 116 valence electrons. The predicted molar refractivity (Wildman–Crippen MR) is 83.8 cm³/mol. The molecule has 0 bridgehead atoms. The summed E-state index contributed by atoms with van der Waals surface area (Å²) in [6.07, 6.45) is 0. The first kappa shape index (κ1) is 15.2. The van der Waals surface area contributed by atoms with E-state index >= 15 is 0 Å². The number of nitrogens with one attached hydrogen (secondary N) is 1. The number of halogens is 2. The first-order valence-electron chi connectivity index (χ1n) is 6.70. The van der Waals surface area contributed by atoms with Crippen molar-refractivity contribution in [1.82, 2.24) is 10.1 Å². The van der Waals surface area contributed by atoms with Crippen molar-refractivity contribution in [2.45, 2.75) is 6.92 Å². The maximum Gasteiger partial charge on any atom is 0.260 e. The van der Waals surface area contributed by atoms with E-state index in [0.717, 1.165) is 0 Å². The lowest BCUT2D eigenvalue weighted by Gasteiger charge is -2.08. The monoisotopic (exact) mass is 331 g/mol. The molecule has 0 saturated carbocycles. The highest BCUT2D eigenvalue weighted by Crippen LogP contribution is 2.23. The Morgan fingerprint density at radius 3 is 2.74 bits per heavy atom. The Kier molecular flexibility index (Phi) is 4.08. The number of nitrogens with zero attached hydrogens (tertiary/aromatic N) is 2. The molecule has 0 atom stereocenters. The minimum absolute atomic E-state index is 0.0474. The topological polar surface area (TPSA) is 68.0 Å². The Morgan fingerprint density at radius 1 is 1.26 bits per heavy atom. The molecule has 23 heavy (non-hydrogen) atoms. The number of carbonyl (C=O) groups excluding carboxylic acids is 1. The van der Waals surface area contributed by atoms with Gasteiger partial charge in [0.05, 0.1) is 10.6 Å². The molecule has 0 aliphatic carbocycles. The first-order chi connectivity index (χ1) is 11.0. The number of aromatic nitrogens is 2. The SMILES string of the molecule is Cc1noc(-c2cccc(NC(=O)c3c(F)cccc3Cl)c2)n1. The number of amides is 1. The van der Waals surface area contributed by atoms with Crippen LogP contribution in [0.1, 0.15) is 16.2 Å². The normalized spacial score (nSPS) is 10.6. The molecular formula is C16H11ClFN3O2. The Balaban J connectivity index is 1.87. The highest BCUT2D eigenvalue weighted by atomic mass is 35.5. The molecule has 1 N–H and O–H groups in total. The molecule has 7 heteroatoms. The van der Waals surface area contributed by atoms with Crippen LogP contribution in [0, 0.1) is 12.7 Å². The Hall–Kier alpha value is -2.73. The summed E-state index contributed by atoms with van der Waals surface area (Å²) in [7, 11) is 0. The van der Waals surface area contributed by atoms with Crippen molar-refractivity contribution >= 4 is 23.2 Å². The van der Waals surface area contributed by atoms with Crippen molar-refractivity contribution < 1.29 is 13.7 Å². The van der Waals surface area contributed by atoms with Crippen molar-refractivity contribution in [2.75, 3.05) is 5.32 Å². The molecule has 0 unspecified atom stereocenters. The van der Waals surface area contributed by atoms with E-state index in [9.17, 15) is 9.18 Å². The van der Waals surface area contributed by atoms with E-state index < -0.39 is 11.7 Å². The Labute approximate surface area is 136 Å². The van der Waals surface area contributed by atoms with Crippen LogP contribution in [0.25, 0.3) is 11.5 Å². The van der Waals surface area contributed by atoms with E-state index in [4.69, 9.17) is 16.1 Å². The van der Waals surface area contributed by atoms with Gasteiger partial charge in [0.15, 0.2) is 5.82 Å². The van der Waals surface area contributed by atoms with E-state index in [-0.39, 0.29) is 10.6 Å². The molecule has 1 heterocycles. The number of hydrogen-bond acceptors (Lipinski definition) is 4. The van der Waals surface area contributed by atoms with Crippen LogP contribution in [-0.2, 0) is 0 Å². The summed E-state index contributed by atoms with van der Waals surface area (Å²) in [5, 5.41) is 6.36. The zero-order valence-corrected chi connectivity index (χ0v) is 12.8. The van der Waals surface area contributed by atoms with E-state index in [2.05, 4.69) is 15.5 Å². The highest BCUT2D eigenvalue weighted by Gasteiger charge is 2.16. The zero-order valence-electron chi connectivity index (χ0n) is 12.0. The van der Waals surface area contributed by atoms with E-state index in [1.807, 2.05) is 0 Å². The van der Waals surface area contributed by atoms with Gasteiger partial charge in [0.1, 0.15) is 5.82 Å². The molecule has 1 aromatic heterocycles. The van der Waals surface area contributed by atoms with Gasteiger partial charge >= 0.3 is 0 Å². The minimum atomic E-state index is -0.682. The fraction of sp³-hybridized carbons (Fsp3) is 0.0625. The molecular weight excluding hydrogens is 321 g/mol. The summed E-state index contributed by atoms with van der Waals surface area (Å²) in [4.78, 5) is 16.3. The average molecular weight is 332 g/mol. The molecule has 0 fully saturated rings. The lowest BCUT2D eigenvalue weighted by Crippen LogP contribution is -2.14. The third kappa shape index (κ3) is 3.22. The minimum Gasteiger partial charge on any atom is -0.334 e. The fourth-order valence-corrected chi connectivity index (χ4v) is 2.30. The smallest absolute Gasteiger partial charge is 0.260 e. The van der Waals surface area contributed by atoms with E-state index in [1.165, 1.54) is 18.2 Å². The molecule has 0 aliphatic heterocycles. The van der Waals surface area contributed by atoms with Crippen LogP contribution in [0.3, 0.4) is 0 Å². The molecule has 2 aromatic carbocycles. The molecule has 0 saturated heterocycles. The largest absolute Gasteiger partial charge is 0.334 e. The van der Waals surface area contributed by atoms with Crippen LogP contribution >= 0.6 is 11.6 Å². The molecule has 3 aromatic rings. The number of carbonyl (C=O) groups is 1. The third-order valence-electron chi connectivity index (χ3n) is 3.08. The Morgan fingerprint density at radius 2 is 2.04 bits per heavy atom. The number of hydrogen-bond donors (Lipinski definition) is 1. The highest BCUT2D eigenvalue weighted by molar-refractivity contribution is 6.34. The quantitative estimate of drug-likeness (QED) is 0.785. The van der Waals surface area contributed by atoms with E-state index in [0.29, 0.717) is 23.0 Å². The standard InChI is InChI=1S/C16H11ClFN3O2/c1-9-19-16(23-21-9)10-4-2-5-11(8-10)20-15(22)14-12(17)6-3-7-13(14)18/h2-8H,1H3,(H,20,22). The van der Waals surface area contributed by atoms with Gasteiger partial charge < -0.3 is 9.84 Å². The zero-order chi connectivity index (χ0) is 16.4. The van der Waals surface area contributed by atoms with Crippen molar-refractivity contribution in [1.29, 1.82) is 0 Å². The molecule has 3 rings (SSSR count). The van der Waals surface area contributed by atoms with E-state index in [1.54, 1.807) is 31.2 Å². The number of aryl methyl sites for hydroxylation is 1. The second-order valence-electron chi connectivity index (χ2n) is 4.78. The molecule has 0 aliphatic rings. The van der Waals surface area contributed by atoms with Gasteiger partial charge in [-0.2, -0.15) is 4.98 Å². The third-order valence-corrected chi connectivity index (χ3v) is 3.40. The molecule has 5 nitrogen and oxygen atoms in total. The summed E-state index contributed by atoms with van der Waals surface area (Å²) in [5.74, 6) is -0.472. The van der Waals surface area contributed by atoms with Gasteiger partial charge in [-0.25, -0.2) is 4.39 Å². The molecule has 0 radical (unpaired) electrons. The van der Waals surface area contributed by atoms with Gasteiger partial charge in [-0.15, -0.1) is 0 Å². The van der Waals surface area contributed by atoms with Crippen LogP contribution in [-0.4, -0.2) is 16.0 Å². The first-order valence-corrected chi connectivity index (χ1v) is 7.08. The average Bonchev–Trinajstić information content (AvgIpc) is 2.94. The number of benzene rings is 2. The van der Waals surface area contributed by atoms with Crippen molar-refractivity contribution in [2.24, 2.45) is 0 Å².